The summed E-state index contributed by atoms with van der Waals surface area (Å²) in [5.41, 5.74) is 1.29. The first-order valence-corrected chi connectivity index (χ1v) is 6.23. The molecule has 1 aromatic carbocycles. The second kappa shape index (κ2) is 4.01. The molecule has 1 aromatic rings. The van der Waals surface area contributed by atoms with Crippen LogP contribution in [0.2, 0.25) is 5.02 Å². The van der Waals surface area contributed by atoms with Crippen molar-refractivity contribution in [1.82, 2.24) is 0 Å². The van der Waals surface area contributed by atoms with Crippen LogP contribution < -0.4 is 5.46 Å². The Morgan fingerprint density at radius 3 is 2.12 bits per heavy atom. The van der Waals surface area contributed by atoms with Crippen molar-refractivity contribution in [1.29, 1.82) is 0 Å². The molecule has 0 spiro atoms. The van der Waals surface area contributed by atoms with E-state index in [-0.39, 0.29) is 18.3 Å². The van der Waals surface area contributed by atoms with Crippen molar-refractivity contribution in [2.75, 3.05) is 0 Å². The molecule has 0 N–H and O–H groups in total. The van der Waals surface area contributed by atoms with Crippen LogP contribution in [0, 0.1) is 6.92 Å². The maximum absolute atomic E-state index is 6.30. The lowest BCUT2D eigenvalue weighted by atomic mass is 9.78. The molecule has 0 atom stereocenters. The number of hydrogen-bond donors (Lipinski definition) is 0. The molecule has 92 valence electrons. The first kappa shape index (κ1) is 12.9. The average molecular weight is 253 g/mol. The number of benzene rings is 1. The van der Waals surface area contributed by atoms with Gasteiger partial charge in [-0.1, -0.05) is 29.8 Å². The van der Waals surface area contributed by atoms with Crippen LogP contribution in [0.3, 0.4) is 0 Å². The van der Waals surface area contributed by atoms with Gasteiger partial charge < -0.3 is 9.31 Å². The zero-order valence-electron chi connectivity index (χ0n) is 11.0. The summed E-state index contributed by atoms with van der Waals surface area (Å²) in [4.78, 5) is 0. The van der Waals surface area contributed by atoms with E-state index in [1.54, 1.807) is 0 Å². The lowest BCUT2D eigenvalue weighted by Crippen LogP contribution is -2.41. The monoisotopic (exact) mass is 252 g/mol. The average Bonchev–Trinajstić information content (AvgIpc) is 2.40. The fraction of sp³-hybridized carbons (Fsp3) is 0.538. The molecule has 4 heteroatoms. The van der Waals surface area contributed by atoms with Crippen molar-refractivity contribution in [2.45, 2.75) is 45.8 Å². The van der Waals surface area contributed by atoms with Gasteiger partial charge in [0.1, 0.15) is 0 Å². The number of halogens is 1. The third-order valence-corrected chi connectivity index (χ3v) is 4.25. The van der Waals surface area contributed by atoms with Crippen molar-refractivity contribution < 1.29 is 9.31 Å². The van der Waals surface area contributed by atoms with Gasteiger partial charge in [0.25, 0.3) is 0 Å². The third kappa shape index (κ3) is 2.12. The van der Waals surface area contributed by atoms with Gasteiger partial charge in [0, 0.05) is 10.5 Å². The van der Waals surface area contributed by atoms with Crippen molar-refractivity contribution in [2.24, 2.45) is 0 Å². The molecule has 1 aliphatic rings. The standard InChI is InChI=1S/C13H18BClO2/c1-9-7-6-8-10(11(9)15)14-16-12(2,3)13(4,5)17-14/h6-8H,1-5H3. The summed E-state index contributed by atoms with van der Waals surface area (Å²) in [5, 5.41) is 0.728. The highest BCUT2D eigenvalue weighted by Crippen LogP contribution is 2.37. The molecule has 17 heavy (non-hydrogen) atoms. The maximum Gasteiger partial charge on any atom is 0.496 e. The lowest BCUT2D eigenvalue weighted by molar-refractivity contribution is 0.00578. The molecule has 2 nitrogen and oxygen atoms in total. The van der Waals surface area contributed by atoms with Crippen LogP contribution in [-0.2, 0) is 9.31 Å². The Morgan fingerprint density at radius 2 is 1.59 bits per heavy atom. The van der Waals surface area contributed by atoms with Crippen LogP contribution in [0.5, 0.6) is 0 Å². The quantitative estimate of drug-likeness (QED) is 0.716. The van der Waals surface area contributed by atoms with Crippen LogP contribution in [-0.4, -0.2) is 18.3 Å². The lowest BCUT2D eigenvalue weighted by Gasteiger charge is -2.32. The predicted octanol–water partition coefficient (Wildman–Crippen LogP) is 2.95. The molecule has 2 rings (SSSR count). The summed E-state index contributed by atoms with van der Waals surface area (Å²) in [6, 6.07) is 5.91. The van der Waals surface area contributed by atoms with E-state index in [1.807, 2.05) is 52.8 Å². The van der Waals surface area contributed by atoms with Crippen molar-refractivity contribution >= 4 is 24.2 Å². The van der Waals surface area contributed by atoms with E-state index in [4.69, 9.17) is 20.9 Å². The molecule has 0 unspecified atom stereocenters. The van der Waals surface area contributed by atoms with Gasteiger partial charge in [0.05, 0.1) is 11.2 Å². The van der Waals surface area contributed by atoms with Crippen molar-refractivity contribution in [3.05, 3.63) is 28.8 Å². The molecule has 0 saturated carbocycles. The number of rotatable bonds is 1. The van der Waals surface area contributed by atoms with Gasteiger partial charge in [-0.15, -0.1) is 0 Å². The predicted molar refractivity (Wildman–Crippen MR) is 71.9 cm³/mol. The van der Waals surface area contributed by atoms with Gasteiger partial charge in [0.2, 0.25) is 0 Å². The second-order valence-corrected chi connectivity index (χ2v) is 5.94. The van der Waals surface area contributed by atoms with Gasteiger partial charge >= 0.3 is 7.12 Å². The van der Waals surface area contributed by atoms with Gasteiger partial charge in [0.15, 0.2) is 0 Å². The highest BCUT2D eigenvalue weighted by Gasteiger charge is 2.52. The second-order valence-electron chi connectivity index (χ2n) is 5.57. The topological polar surface area (TPSA) is 18.5 Å². The molecule has 1 heterocycles. The Kier molecular flexibility index (Phi) is 3.05. The summed E-state index contributed by atoms with van der Waals surface area (Å²) in [7, 11) is -0.382. The molecule has 0 aromatic heterocycles. The molecule has 1 aliphatic heterocycles. The van der Waals surface area contributed by atoms with Crippen LogP contribution in [0.4, 0.5) is 0 Å². The first-order valence-electron chi connectivity index (χ1n) is 5.85. The molecule has 0 aliphatic carbocycles. The molecule has 0 bridgehead atoms. The van der Waals surface area contributed by atoms with E-state index in [9.17, 15) is 0 Å². The molecule has 1 fully saturated rings. The molecule has 0 amide bonds. The summed E-state index contributed by atoms with van der Waals surface area (Å²) < 4.78 is 12.0. The van der Waals surface area contributed by atoms with Crippen molar-refractivity contribution in [3.63, 3.8) is 0 Å². The zero-order valence-corrected chi connectivity index (χ0v) is 11.8. The number of aryl methyl sites for hydroxylation is 1. The SMILES string of the molecule is Cc1cccc(B2OC(C)(C)C(C)(C)O2)c1Cl. The van der Waals surface area contributed by atoms with E-state index in [2.05, 4.69) is 0 Å². The molecular weight excluding hydrogens is 234 g/mol. The smallest absolute Gasteiger partial charge is 0.399 e. The van der Waals surface area contributed by atoms with E-state index in [0.29, 0.717) is 0 Å². The van der Waals surface area contributed by atoms with Crippen LogP contribution in [0.1, 0.15) is 33.3 Å². The van der Waals surface area contributed by atoms with E-state index in [1.165, 1.54) is 0 Å². The van der Waals surface area contributed by atoms with Gasteiger partial charge in [-0.25, -0.2) is 0 Å². The normalized spacial score (nSPS) is 21.9. The van der Waals surface area contributed by atoms with Crippen molar-refractivity contribution in [3.8, 4) is 0 Å². The Balaban J connectivity index is 2.36. The maximum atomic E-state index is 6.30. The van der Waals surface area contributed by atoms with Gasteiger partial charge in [-0.3, -0.25) is 0 Å². The van der Waals surface area contributed by atoms with E-state index < -0.39 is 0 Å². The van der Waals surface area contributed by atoms with E-state index >= 15 is 0 Å². The Labute approximate surface area is 108 Å². The fourth-order valence-electron chi connectivity index (χ4n) is 1.82. The van der Waals surface area contributed by atoms with E-state index in [0.717, 1.165) is 16.0 Å². The summed E-state index contributed by atoms with van der Waals surface area (Å²) >= 11 is 6.30. The minimum Gasteiger partial charge on any atom is -0.399 e. The summed E-state index contributed by atoms with van der Waals surface area (Å²) in [5.74, 6) is 0. The Morgan fingerprint density at radius 1 is 1.06 bits per heavy atom. The highest BCUT2D eigenvalue weighted by atomic mass is 35.5. The third-order valence-electron chi connectivity index (χ3n) is 3.73. The highest BCUT2D eigenvalue weighted by molar-refractivity contribution is 6.65. The largest absolute Gasteiger partial charge is 0.496 e. The first-order chi connectivity index (χ1) is 7.74. The van der Waals surface area contributed by atoms with Crippen LogP contribution >= 0.6 is 11.6 Å². The van der Waals surface area contributed by atoms with Gasteiger partial charge in [-0.2, -0.15) is 0 Å². The molecular formula is C13H18BClO2. The zero-order chi connectivity index (χ0) is 12.8. The van der Waals surface area contributed by atoms with Crippen LogP contribution in [0.15, 0.2) is 18.2 Å². The minimum atomic E-state index is -0.382. The fourth-order valence-corrected chi connectivity index (χ4v) is 2.04. The number of hydrogen-bond acceptors (Lipinski definition) is 2. The van der Waals surface area contributed by atoms with Gasteiger partial charge in [-0.05, 0) is 40.2 Å². The Hall–Kier alpha value is -0.505. The minimum absolute atomic E-state index is 0.329. The summed E-state index contributed by atoms with van der Waals surface area (Å²) in [6.07, 6.45) is 0. The molecule has 0 radical (unpaired) electrons. The summed E-state index contributed by atoms with van der Waals surface area (Å²) in [6.45, 7) is 10.1. The van der Waals surface area contributed by atoms with Crippen LogP contribution in [0.25, 0.3) is 0 Å². The molecule has 1 saturated heterocycles. The Bertz CT molecular complexity index is 427.